The van der Waals surface area contributed by atoms with Crippen LogP contribution in [0.1, 0.15) is 18.4 Å². The Morgan fingerprint density at radius 1 is 1.08 bits per heavy atom. The lowest BCUT2D eigenvalue weighted by Crippen LogP contribution is -2.44. The van der Waals surface area contributed by atoms with Crippen LogP contribution in [0.4, 0.5) is 19.3 Å². The van der Waals surface area contributed by atoms with Crippen LogP contribution in [0.3, 0.4) is 0 Å². The van der Waals surface area contributed by atoms with E-state index in [1.54, 1.807) is 12.1 Å². The van der Waals surface area contributed by atoms with E-state index in [0.717, 1.165) is 25.0 Å². The number of hydrogen-bond acceptors (Lipinski definition) is 2. The van der Waals surface area contributed by atoms with Crippen molar-refractivity contribution in [3.63, 3.8) is 0 Å². The van der Waals surface area contributed by atoms with Crippen molar-refractivity contribution < 1.29 is 18.7 Å². The highest BCUT2D eigenvalue weighted by Crippen LogP contribution is 2.45. The molecule has 0 heterocycles. The van der Waals surface area contributed by atoms with Crippen molar-refractivity contribution in [2.45, 2.75) is 18.4 Å². The van der Waals surface area contributed by atoms with Crippen molar-refractivity contribution in [2.24, 2.45) is 5.92 Å². The van der Waals surface area contributed by atoms with E-state index < -0.39 is 29.0 Å². The van der Waals surface area contributed by atoms with Crippen LogP contribution in [-0.4, -0.2) is 17.7 Å². The number of benzene rings is 2. The summed E-state index contributed by atoms with van der Waals surface area (Å²) in [7, 11) is 0. The first-order valence-electron chi connectivity index (χ1n) is 7.77. The molecule has 0 aliphatic heterocycles. The molecule has 1 fully saturated rings. The maximum absolute atomic E-state index is 13.6. The number of anilines is 1. The fourth-order valence-corrected chi connectivity index (χ4v) is 2.76. The van der Waals surface area contributed by atoms with E-state index in [2.05, 4.69) is 10.6 Å². The molecular formula is C18H18F2N2O2. The Morgan fingerprint density at radius 2 is 1.71 bits per heavy atom. The van der Waals surface area contributed by atoms with Gasteiger partial charge >= 0.3 is 6.03 Å². The first-order valence-corrected chi connectivity index (χ1v) is 7.77. The van der Waals surface area contributed by atoms with Crippen LogP contribution >= 0.6 is 0 Å². The Kier molecular flexibility index (Phi) is 4.49. The van der Waals surface area contributed by atoms with Gasteiger partial charge in [-0.2, -0.15) is 0 Å². The molecule has 6 heteroatoms. The minimum Gasteiger partial charge on any atom is -0.383 e. The summed E-state index contributed by atoms with van der Waals surface area (Å²) < 4.78 is 27.1. The summed E-state index contributed by atoms with van der Waals surface area (Å²) in [5, 5.41) is 15.6. The van der Waals surface area contributed by atoms with Crippen molar-refractivity contribution in [2.75, 3.05) is 11.9 Å². The third-order valence-corrected chi connectivity index (χ3v) is 4.25. The van der Waals surface area contributed by atoms with Gasteiger partial charge in [-0.1, -0.05) is 36.4 Å². The third-order valence-electron chi connectivity index (χ3n) is 4.25. The number of para-hydroxylation sites is 1. The van der Waals surface area contributed by atoms with Gasteiger partial charge in [-0.25, -0.2) is 13.6 Å². The minimum atomic E-state index is -1.19. The normalized spacial score (nSPS) is 16.3. The molecule has 1 saturated carbocycles. The van der Waals surface area contributed by atoms with Gasteiger partial charge in [-0.15, -0.1) is 0 Å². The summed E-state index contributed by atoms with van der Waals surface area (Å²) in [6.07, 6.45) is 1.74. The Balaban J connectivity index is 1.68. The second-order valence-corrected chi connectivity index (χ2v) is 5.97. The van der Waals surface area contributed by atoms with E-state index in [9.17, 15) is 18.7 Å². The van der Waals surface area contributed by atoms with Gasteiger partial charge in [0.05, 0.1) is 6.54 Å². The number of rotatable bonds is 5. The molecule has 0 spiro atoms. The Morgan fingerprint density at radius 3 is 2.29 bits per heavy atom. The maximum atomic E-state index is 13.6. The minimum absolute atomic E-state index is 0.0381. The van der Waals surface area contributed by atoms with Gasteiger partial charge in [0, 0.05) is 0 Å². The molecule has 2 aromatic rings. The van der Waals surface area contributed by atoms with Gasteiger partial charge in [-0.05, 0) is 36.5 Å². The standard InChI is InChI=1S/C18H18F2N2O2/c19-14-7-4-8-15(20)16(14)22-17(23)21-11-18(24,13-9-10-13)12-5-2-1-3-6-12/h1-8,13,24H,9-11H2,(H2,21,22,23)/t18-/m0/s1. The average Bonchev–Trinajstić information content (AvgIpc) is 3.42. The van der Waals surface area contributed by atoms with E-state index in [4.69, 9.17) is 0 Å². The summed E-state index contributed by atoms with van der Waals surface area (Å²) in [4.78, 5) is 12.0. The number of nitrogens with one attached hydrogen (secondary N) is 2. The largest absolute Gasteiger partial charge is 0.383 e. The quantitative estimate of drug-likeness (QED) is 0.786. The first-order chi connectivity index (χ1) is 11.5. The van der Waals surface area contributed by atoms with Crippen molar-refractivity contribution in [1.82, 2.24) is 5.32 Å². The number of urea groups is 1. The molecule has 2 aromatic carbocycles. The van der Waals surface area contributed by atoms with Crippen molar-refractivity contribution in [3.8, 4) is 0 Å². The predicted molar refractivity (Wildman–Crippen MR) is 86.4 cm³/mol. The van der Waals surface area contributed by atoms with E-state index in [1.807, 2.05) is 18.2 Å². The lowest BCUT2D eigenvalue weighted by atomic mass is 9.89. The maximum Gasteiger partial charge on any atom is 0.319 e. The summed E-state index contributed by atoms with van der Waals surface area (Å²) in [6.45, 7) is -0.0381. The monoisotopic (exact) mass is 332 g/mol. The van der Waals surface area contributed by atoms with Crippen molar-refractivity contribution >= 4 is 11.7 Å². The molecule has 1 atom stereocenters. The second-order valence-electron chi connectivity index (χ2n) is 5.97. The molecule has 1 aliphatic rings. The van der Waals surface area contributed by atoms with Gasteiger partial charge in [0.1, 0.15) is 22.9 Å². The van der Waals surface area contributed by atoms with Crippen LogP contribution in [0.5, 0.6) is 0 Å². The fraction of sp³-hybridized carbons (Fsp3) is 0.278. The van der Waals surface area contributed by atoms with Gasteiger partial charge < -0.3 is 15.7 Å². The van der Waals surface area contributed by atoms with Gasteiger partial charge in [0.2, 0.25) is 0 Å². The van der Waals surface area contributed by atoms with Crippen molar-refractivity contribution in [3.05, 3.63) is 65.7 Å². The highest BCUT2D eigenvalue weighted by atomic mass is 19.1. The zero-order chi connectivity index (χ0) is 17.2. The van der Waals surface area contributed by atoms with Crippen LogP contribution in [0.15, 0.2) is 48.5 Å². The van der Waals surface area contributed by atoms with Crippen LogP contribution in [0.25, 0.3) is 0 Å². The predicted octanol–water partition coefficient (Wildman–Crippen LogP) is 3.38. The molecule has 4 nitrogen and oxygen atoms in total. The number of hydrogen-bond donors (Lipinski definition) is 3. The molecule has 0 aromatic heterocycles. The molecule has 1 aliphatic carbocycles. The SMILES string of the molecule is O=C(NC[C@](O)(c1ccccc1)C1CC1)Nc1c(F)cccc1F. The second kappa shape index (κ2) is 6.57. The van der Waals surface area contributed by atoms with Gasteiger partial charge in [-0.3, -0.25) is 0 Å². The van der Waals surface area contributed by atoms with E-state index in [1.165, 1.54) is 6.07 Å². The molecule has 0 saturated heterocycles. The highest BCUT2D eigenvalue weighted by Gasteiger charge is 2.45. The molecular weight excluding hydrogens is 314 g/mol. The lowest BCUT2D eigenvalue weighted by molar-refractivity contribution is 0.0164. The number of halogens is 2. The van der Waals surface area contributed by atoms with Crippen LogP contribution in [0.2, 0.25) is 0 Å². The lowest BCUT2D eigenvalue weighted by Gasteiger charge is -2.29. The van der Waals surface area contributed by atoms with E-state index in [-0.39, 0.29) is 12.5 Å². The Labute approximate surface area is 138 Å². The van der Waals surface area contributed by atoms with Crippen LogP contribution in [-0.2, 0) is 5.60 Å². The molecule has 0 bridgehead atoms. The molecule has 2 amide bonds. The van der Waals surface area contributed by atoms with Crippen LogP contribution < -0.4 is 10.6 Å². The molecule has 126 valence electrons. The smallest absolute Gasteiger partial charge is 0.319 e. The molecule has 0 unspecified atom stereocenters. The summed E-state index contributed by atoms with van der Waals surface area (Å²) >= 11 is 0. The first kappa shape index (κ1) is 16.4. The average molecular weight is 332 g/mol. The molecule has 3 rings (SSSR count). The molecule has 24 heavy (non-hydrogen) atoms. The zero-order valence-electron chi connectivity index (χ0n) is 12.9. The zero-order valence-corrected chi connectivity index (χ0v) is 12.9. The van der Waals surface area contributed by atoms with Crippen molar-refractivity contribution in [1.29, 1.82) is 0 Å². The number of carbonyl (C=O) groups excluding carboxylic acids is 1. The summed E-state index contributed by atoms with van der Waals surface area (Å²) in [5.74, 6) is -1.65. The summed E-state index contributed by atoms with van der Waals surface area (Å²) in [5.41, 5.74) is -0.985. The van der Waals surface area contributed by atoms with E-state index in [0.29, 0.717) is 5.56 Å². The Bertz CT molecular complexity index is 715. The number of carbonyl (C=O) groups is 1. The van der Waals surface area contributed by atoms with Gasteiger partial charge in [0.15, 0.2) is 0 Å². The van der Waals surface area contributed by atoms with E-state index >= 15 is 0 Å². The fourth-order valence-electron chi connectivity index (χ4n) is 2.76. The van der Waals surface area contributed by atoms with Gasteiger partial charge in [0.25, 0.3) is 0 Å². The topological polar surface area (TPSA) is 61.4 Å². The third kappa shape index (κ3) is 3.38. The highest BCUT2D eigenvalue weighted by molar-refractivity contribution is 5.89. The van der Waals surface area contributed by atoms with Crippen LogP contribution in [0, 0.1) is 17.6 Å². The number of aliphatic hydroxyl groups is 1. The number of amides is 2. The Hall–Kier alpha value is -2.47. The summed E-state index contributed by atoms with van der Waals surface area (Å²) in [6, 6.07) is 11.6. The molecule has 0 radical (unpaired) electrons. The molecule has 3 N–H and O–H groups in total.